The van der Waals surface area contributed by atoms with Gasteiger partial charge in [0.25, 0.3) is 0 Å². The van der Waals surface area contributed by atoms with E-state index < -0.39 is 0 Å². The Morgan fingerprint density at radius 3 is 0.909 bits per heavy atom. The van der Waals surface area contributed by atoms with Gasteiger partial charge in [-0.05, 0) is 110 Å². The Kier molecular flexibility index (Phi) is 9.32. The van der Waals surface area contributed by atoms with Crippen molar-refractivity contribution in [2.24, 2.45) is 0 Å². The number of rotatable bonds is 9. The lowest BCUT2D eigenvalue weighted by Gasteiger charge is -2.15. The molecule has 9 aromatic rings. The molecular formula is C52H37N3. The van der Waals surface area contributed by atoms with Gasteiger partial charge >= 0.3 is 0 Å². The Bertz CT molecular complexity index is 2430. The predicted octanol–water partition coefficient (Wildman–Crippen LogP) is 13.9. The maximum absolute atomic E-state index is 5.24. The summed E-state index contributed by atoms with van der Waals surface area (Å²) in [5, 5.41) is 3.60. The van der Waals surface area contributed by atoms with Gasteiger partial charge in [0.15, 0.2) is 0 Å². The molecule has 1 aromatic heterocycles. The Balaban J connectivity index is 1.24. The highest BCUT2D eigenvalue weighted by Crippen LogP contribution is 2.37. The van der Waals surface area contributed by atoms with E-state index in [1.807, 2.05) is 6.07 Å². The van der Waals surface area contributed by atoms with Crippen molar-refractivity contribution in [3.63, 3.8) is 0 Å². The molecule has 0 bridgehead atoms. The Labute approximate surface area is 322 Å². The van der Waals surface area contributed by atoms with Gasteiger partial charge in [0.2, 0.25) is 5.95 Å². The molecule has 0 unspecified atom stereocenters. The van der Waals surface area contributed by atoms with Crippen molar-refractivity contribution in [2.45, 2.75) is 0 Å². The van der Waals surface area contributed by atoms with Crippen molar-refractivity contribution < 1.29 is 0 Å². The van der Waals surface area contributed by atoms with Gasteiger partial charge in [-0.1, -0.05) is 164 Å². The number of nitrogens with one attached hydrogen (secondary N) is 1. The molecule has 0 radical (unpaired) electrons. The van der Waals surface area contributed by atoms with Crippen LogP contribution < -0.4 is 5.32 Å². The molecule has 8 aromatic carbocycles. The minimum Gasteiger partial charge on any atom is -0.324 e. The van der Waals surface area contributed by atoms with E-state index in [2.05, 4.69) is 218 Å². The minimum atomic E-state index is 0.524. The summed E-state index contributed by atoms with van der Waals surface area (Å²) in [6.45, 7) is 0. The summed E-state index contributed by atoms with van der Waals surface area (Å²) < 4.78 is 0. The molecule has 55 heavy (non-hydrogen) atoms. The van der Waals surface area contributed by atoms with Crippen molar-refractivity contribution in [1.82, 2.24) is 9.97 Å². The number of benzene rings is 8. The topological polar surface area (TPSA) is 37.8 Å². The first-order chi connectivity index (χ1) is 27.2. The highest BCUT2D eigenvalue weighted by Gasteiger charge is 2.15. The molecule has 3 heteroatoms. The van der Waals surface area contributed by atoms with E-state index in [9.17, 15) is 0 Å². The summed E-state index contributed by atoms with van der Waals surface area (Å²) in [5.41, 5.74) is 15.9. The average molecular weight is 704 g/mol. The fraction of sp³-hybridized carbons (Fsp3) is 0. The van der Waals surface area contributed by atoms with E-state index in [1.54, 1.807) is 0 Å². The van der Waals surface area contributed by atoms with Crippen LogP contribution in [0.3, 0.4) is 0 Å². The zero-order valence-corrected chi connectivity index (χ0v) is 30.2. The molecule has 0 saturated carbocycles. The highest BCUT2D eigenvalue weighted by atomic mass is 15.1. The third kappa shape index (κ3) is 7.59. The van der Waals surface area contributed by atoms with Crippen LogP contribution >= 0.6 is 0 Å². The lowest BCUT2D eigenvalue weighted by atomic mass is 9.93. The van der Waals surface area contributed by atoms with Crippen molar-refractivity contribution in [3.05, 3.63) is 218 Å². The van der Waals surface area contributed by atoms with Crippen LogP contribution in [0.25, 0.3) is 78.1 Å². The van der Waals surface area contributed by atoms with E-state index in [4.69, 9.17) is 9.97 Å². The first kappa shape index (κ1) is 33.5. The van der Waals surface area contributed by atoms with Gasteiger partial charge in [-0.25, -0.2) is 9.97 Å². The van der Waals surface area contributed by atoms with E-state index >= 15 is 0 Å². The Morgan fingerprint density at radius 2 is 0.545 bits per heavy atom. The summed E-state index contributed by atoms with van der Waals surface area (Å²) >= 11 is 0. The smallest absolute Gasteiger partial charge is 0.228 e. The molecule has 0 atom stereocenters. The summed E-state index contributed by atoms with van der Waals surface area (Å²) in [6, 6.07) is 76.6. The summed E-state index contributed by atoms with van der Waals surface area (Å²) in [6.07, 6.45) is 0. The van der Waals surface area contributed by atoms with Crippen LogP contribution in [0, 0.1) is 0 Å². The molecule has 9 rings (SSSR count). The quantitative estimate of drug-likeness (QED) is 0.163. The SMILES string of the molecule is c1ccc(-c2cccc(Nc3nc(-c4cc(-c5ccccc5)cc(-c5ccccc5)c4)cc(-c4cc(-c5ccccc5)cc(-c5ccccc5)c4)n3)c2)cc1. The second-order valence-electron chi connectivity index (χ2n) is 13.6. The molecular weight excluding hydrogens is 667 g/mol. The van der Waals surface area contributed by atoms with Crippen LogP contribution in [0.4, 0.5) is 11.6 Å². The number of aromatic nitrogens is 2. The molecule has 0 spiro atoms. The zero-order chi connectivity index (χ0) is 36.8. The van der Waals surface area contributed by atoms with Crippen molar-refractivity contribution >= 4 is 11.6 Å². The molecule has 0 aliphatic carbocycles. The van der Waals surface area contributed by atoms with Crippen LogP contribution in [0.15, 0.2) is 218 Å². The third-order valence-electron chi connectivity index (χ3n) is 9.84. The fourth-order valence-corrected chi connectivity index (χ4v) is 7.08. The van der Waals surface area contributed by atoms with Crippen LogP contribution in [0.1, 0.15) is 0 Å². The maximum atomic E-state index is 5.24. The summed E-state index contributed by atoms with van der Waals surface area (Å²) in [5.74, 6) is 0.524. The van der Waals surface area contributed by atoms with Gasteiger partial charge < -0.3 is 5.32 Å². The first-order valence-electron chi connectivity index (χ1n) is 18.6. The largest absolute Gasteiger partial charge is 0.324 e. The summed E-state index contributed by atoms with van der Waals surface area (Å²) in [4.78, 5) is 10.5. The molecule has 1 heterocycles. The molecule has 0 aliphatic heterocycles. The fourth-order valence-electron chi connectivity index (χ4n) is 7.08. The summed E-state index contributed by atoms with van der Waals surface area (Å²) in [7, 11) is 0. The maximum Gasteiger partial charge on any atom is 0.228 e. The minimum absolute atomic E-state index is 0.524. The number of hydrogen-bond acceptors (Lipinski definition) is 3. The average Bonchev–Trinajstić information content (AvgIpc) is 3.27. The Hall–Kier alpha value is -7.36. The monoisotopic (exact) mass is 703 g/mol. The second-order valence-corrected chi connectivity index (χ2v) is 13.6. The van der Waals surface area contributed by atoms with Crippen LogP contribution in [-0.2, 0) is 0 Å². The first-order valence-corrected chi connectivity index (χ1v) is 18.6. The van der Waals surface area contributed by atoms with Crippen LogP contribution in [0.5, 0.6) is 0 Å². The van der Waals surface area contributed by atoms with Gasteiger partial charge in [0, 0.05) is 16.8 Å². The highest BCUT2D eigenvalue weighted by molar-refractivity contribution is 5.84. The predicted molar refractivity (Wildman–Crippen MR) is 230 cm³/mol. The van der Waals surface area contributed by atoms with Gasteiger partial charge in [0.05, 0.1) is 11.4 Å². The van der Waals surface area contributed by atoms with Crippen molar-refractivity contribution in [1.29, 1.82) is 0 Å². The van der Waals surface area contributed by atoms with E-state index in [-0.39, 0.29) is 0 Å². The van der Waals surface area contributed by atoms with Crippen LogP contribution in [0.2, 0.25) is 0 Å². The third-order valence-corrected chi connectivity index (χ3v) is 9.84. The number of hydrogen-bond donors (Lipinski definition) is 1. The van der Waals surface area contributed by atoms with Gasteiger partial charge in [-0.15, -0.1) is 0 Å². The van der Waals surface area contributed by atoms with Gasteiger partial charge in [0.1, 0.15) is 0 Å². The van der Waals surface area contributed by atoms with Gasteiger partial charge in [-0.3, -0.25) is 0 Å². The number of nitrogens with zero attached hydrogens (tertiary/aromatic N) is 2. The van der Waals surface area contributed by atoms with Crippen molar-refractivity contribution in [3.8, 4) is 78.1 Å². The van der Waals surface area contributed by atoms with E-state index in [1.165, 1.54) is 0 Å². The zero-order valence-electron chi connectivity index (χ0n) is 30.2. The molecule has 0 aliphatic rings. The lowest BCUT2D eigenvalue weighted by Crippen LogP contribution is -2.01. The van der Waals surface area contributed by atoms with Gasteiger partial charge in [-0.2, -0.15) is 0 Å². The normalized spacial score (nSPS) is 10.9. The van der Waals surface area contributed by atoms with E-state index in [0.29, 0.717) is 5.95 Å². The Morgan fingerprint density at radius 1 is 0.236 bits per heavy atom. The number of anilines is 2. The van der Waals surface area contributed by atoms with E-state index in [0.717, 1.165) is 83.8 Å². The molecule has 260 valence electrons. The van der Waals surface area contributed by atoms with Crippen molar-refractivity contribution in [2.75, 3.05) is 5.32 Å². The molecule has 0 amide bonds. The lowest BCUT2D eigenvalue weighted by molar-refractivity contribution is 1.17. The van der Waals surface area contributed by atoms with Crippen LogP contribution in [-0.4, -0.2) is 9.97 Å². The molecule has 3 nitrogen and oxygen atoms in total. The second kappa shape index (κ2) is 15.3. The molecule has 1 N–H and O–H groups in total. The standard InChI is InChI=1S/C52H37N3/c1-6-17-37(18-7-1)42-27-16-28-49(35-42)53-52-54-50(47-31-43(38-19-8-2-9-20-38)29-44(32-47)39-21-10-3-11-22-39)36-51(55-52)48-33-45(40-23-12-4-13-24-40)30-46(34-48)41-25-14-5-15-26-41/h1-36H,(H,53,54,55). The molecule has 0 saturated heterocycles. The molecule has 0 fully saturated rings.